The zero-order valence-electron chi connectivity index (χ0n) is 13.5. The number of aryl methyl sites for hydroxylation is 2. The first-order valence-electron chi connectivity index (χ1n) is 7.77. The lowest BCUT2D eigenvalue weighted by molar-refractivity contribution is 0.949. The summed E-state index contributed by atoms with van der Waals surface area (Å²) < 4.78 is 0. The van der Waals surface area contributed by atoms with Crippen LogP contribution in [-0.4, -0.2) is 21.5 Å². The lowest BCUT2D eigenvalue weighted by Gasteiger charge is -2.09. The van der Waals surface area contributed by atoms with Crippen LogP contribution in [0, 0.1) is 13.8 Å². The van der Waals surface area contributed by atoms with E-state index >= 15 is 0 Å². The van der Waals surface area contributed by atoms with Gasteiger partial charge in [0.05, 0.1) is 0 Å². The molecule has 2 heterocycles. The Morgan fingerprint density at radius 3 is 2.65 bits per heavy atom. The fourth-order valence-corrected chi connectivity index (χ4v) is 2.44. The van der Waals surface area contributed by atoms with Crippen LogP contribution < -0.4 is 5.32 Å². The molecule has 0 aliphatic heterocycles. The highest BCUT2D eigenvalue weighted by atomic mass is 15.0. The van der Waals surface area contributed by atoms with Crippen LogP contribution in [0.2, 0.25) is 0 Å². The second kappa shape index (κ2) is 7.01. The first-order valence-corrected chi connectivity index (χ1v) is 7.77. The Morgan fingerprint density at radius 2 is 1.87 bits per heavy atom. The van der Waals surface area contributed by atoms with Gasteiger partial charge in [-0.05, 0) is 32.0 Å². The summed E-state index contributed by atoms with van der Waals surface area (Å²) in [6, 6.07) is 16.2. The number of hydrogen-bond acceptors (Lipinski definition) is 4. The fourth-order valence-electron chi connectivity index (χ4n) is 2.44. The maximum absolute atomic E-state index is 4.63. The minimum atomic E-state index is 0.758. The van der Waals surface area contributed by atoms with Crippen LogP contribution in [0.5, 0.6) is 0 Å². The van der Waals surface area contributed by atoms with Gasteiger partial charge in [0, 0.05) is 42.2 Å². The smallest absolute Gasteiger partial charge is 0.161 e. The van der Waals surface area contributed by atoms with Gasteiger partial charge in [0.15, 0.2) is 5.82 Å². The number of hydrogen-bond donors (Lipinski definition) is 1. The summed E-state index contributed by atoms with van der Waals surface area (Å²) in [6.45, 7) is 4.86. The van der Waals surface area contributed by atoms with Gasteiger partial charge >= 0.3 is 0 Å². The van der Waals surface area contributed by atoms with Crippen LogP contribution in [0.3, 0.4) is 0 Å². The average molecular weight is 304 g/mol. The van der Waals surface area contributed by atoms with Gasteiger partial charge in [0.2, 0.25) is 0 Å². The molecule has 4 nitrogen and oxygen atoms in total. The van der Waals surface area contributed by atoms with Crippen LogP contribution >= 0.6 is 0 Å². The van der Waals surface area contributed by atoms with Gasteiger partial charge < -0.3 is 5.32 Å². The molecular weight excluding hydrogens is 284 g/mol. The maximum Gasteiger partial charge on any atom is 0.161 e. The third-order valence-corrected chi connectivity index (χ3v) is 3.54. The number of rotatable bonds is 5. The molecule has 0 saturated heterocycles. The summed E-state index contributed by atoms with van der Waals surface area (Å²) >= 11 is 0. The number of nitrogens with zero attached hydrogens (tertiary/aromatic N) is 3. The van der Waals surface area contributed by atoms with Gasteiger partial charge in [-0.15, -0.1) is 0 Å². The Balaban J connectivity index is 1.73. The van der Waals surface area contributed by atoms with Gasteiger partial charge in [0.25, 0.3) is 0 Å². The maximum atomic E-state index is 4.63. The number of aromatic nitrogens is 3. The van der Waals surface area contributed by atoms with Gasteiger partial charge in [-0.2, -0.15) is 0 Å². The minimum Gasteiger partial charge on any atom is -0.370 e. The Labute approximate surface area is 136 Å². The molecule has 0 aliphatic carbocycles. The summed E-state index contributed by atoms with van der Waals surface area (Å²) in [5.41, 5.74) is 4.28. The van der Waals surface area contributed by atoms with E-state index in [1.54, 1.807) is 0 Å². The van der Waals surface area contributed by atoms with Crippen molar-refractivity contribution in [1.82, 2.24) is 15.0 Å². The van der Waals surface area contributed by atoms with Crippen LogP contribution in [0.15, 0.2) is 54.7 Å². The highest BCUT2D eigenvalue weighted by Gasteiger charge is 2.05. The number of anilines is 1. The van der Waals surface area contributed by atoms with E-state index in [0.717, 1.165) is 41.6 Å². The summed E-state index contributed by atoms with van der Waals surface area (Å²) in [5.74, 6) is 1.61. The van der Waals surface area contributed by atoms with E-state index in [1.165, 1.54) is 5.56 Å². The number of nitrogens with one attached hydrogen (secondary N) is 1. The standard InChI is InChI=1S/C19H20N4/c1-14-6-5-7-16(12-14)19-22-15(2)13-18(23-19)21-11-9-17-8-3-4-10-20-17/h3-8,10,12-13H,9,11H2,1-2H3,(H,21,22,23). The molecule has 1 aromatic carbocycles. The van der Waals surface area contributed by atoms with E-state index in [0.29, 0.717) is 0 Å². The van der Waals surface area contributed by atoms with Crippen molar-refractivity contribution < 1.29 is 0 Å². The summed E-state index contributed by atoms with van der Waals surface area (Å²) in [7, 11) is 0. The third kappa shape index (κ3) is 4.13. The first kappa shape index (κ1) is 15.2. The molecule has 0 aliphatic rings. The molecule has 0 spiro atoms. The molecule has 3 aromatic rings. The Morgan fingerprint density at radius 1 is 0.957 bits per heavy atom. The molecule has 0 unspecified atom stereocenters. The zero-order chi connectivity index (χ0) is 16.1. The van der Waals surface area contributed by atoms with Gasteiger partial charge in [0.1, 0.15) is 5.82 Å². The lowest BCUT2D eigenvalue weighted by Crippen LogP contribution is -2.08. The topological polar surface area (TPSA) is 50.7 Å². The molecule has 0 saturated carbocycles. The number of pyridine rings is 1. The van der Waals surface area contributed by atoms with Crippen LogP contribution in [0.1, 0.15) is 17.0 Å². The molecule has 0 amide bonds. The van der Waals surface area contributed by atoms with Crippen molar-refractivity contribution in [3.05, 3.63) is 71.7 Å². The Hall–Kier alpha value is -2.75. The zero-order valence-corrected chi connectivity index (χ0v) is 13.5. The van der Waals surface area contributed by atoms with Gasteiger partial charge in [-0.3, -0.25) is 4.98 Å². The van der Waals surface area contributed by atoms with E-state index in [4.69, 9.17) is 0 Å². The van der Waals surface area contributed by atoms with Crippen LogP contribution in [0.4, 0.5) is 5.82 Å². The average Bonchev–Trinajstić information content (AvgIpc) is 2.55. The van der Waals surface area contributed by atoms with Crippen molar-refractivity contribution in [2.24, 2.45) is 0 Å². The Kier molecular flexibility index (Phi) is 4.62. The van der Waals surface area contributed by atoms with Crippen molar-refractivity contribution in [1.29, 1.82) is 0 Å². The molecule has 0 radical (unpaired) electrons. The third-order valence-electron chi connectivity index (χ3n) is 3.54. The van der Waals surface area contributed by atoms with Gasteiger partial charge in [-0.1, -0.05) is 29.8 Å². The molecule has 2 aromatic heterocycles. The van der Waals surface area contributed by atoms with Crippen LogP contribution in [0.25, 0.3) is 11.4 Å². The molecule has 0 fully saturated rings. The molecule has 1 N–H and O–H groups in total. The van der Waals surface area contributed by atoms with Crippen molar-refractivity contribution in [2.75, 3.05) is 11.9 Å². The van der Waals surface area contributed by atoms with E-state index < -0.39 is 0 Å². The predicted molar refractivity (Wildman–Crippen MR) is 93.4 cm³/mol. The van der Waals surface area contributed by atoms with Crippen molar-refractivity contribution in [3.63, 3.8) is 0 Å². The van der Waals surface area contributed by atoms with E-state index in [1.807, 2.05) is 49.5 Å². The molecule has 3 rings (SSSR count). The molecule has 4 heteroatoms. The second-order valence-corrected chi connectivity index (χ2v) is 5.59. The predicted octanol–water partition coefficient (Wildman–Crippen LogP) is 3.81. The minimum absolute atomic E-state index is 0.758. The largest absolute Gasteiger partial charge is 0.370 e. The van der Waals surface area contributed by atoms with Gasteiger partial charge in [-0.25, -0.2) is 9.97 Å². The van der Waals surface area contributed by atoms with E-state index in [2.05, 4.69) is 39.3 Å². The van der Waals surface area contributed by atoms with Crippen molar-refractivity contribution in [2.45, 2.75) is 20.3 Å². The second-order valence-electron chi connectivity index (χ2n) is 5.59. The molecule has 116 valence electrons. The normalized spacial score (nSPS) is 10.5. The summed E-state index contributed by atoms with van der Waals surface area (Å²) in [6.07, 6.45) is 2.68. The van der Waals surface area contributed by atoms with Crippen LogP contribution in [-0.2, 0) is 6.42 Å². The quantitative estimate of drug-likeness (QED) is 0.778. The van der Waals surface area contributed by atoms with E-state index in [9.17, 15) is 0 Å². The SMILES string of the molecule is Cc1cccc(-c2nc(C)cc(NCCc3ccccn3)n2)c1. The highest BCUT2D eigenvalue weighted by molar-refractivity contribution is 5.58. The first-order chi connectivity index (χ1) is 11.2. The lowest BCUT2D eigenvalue weighted by atomic mass is 10.1. The Bertz CT molecular complexity index is 784. The fraction of sp³-hybridized carbons (Fsp3) is 0.211. The molecular formula is C19H20N4. The number of benzene rings is 1. The summed E-state index contributed by atoms with van der Waals surface area (Å²) in [5, 5.41) is 3.37. The monoisotopic (exact) mass is 304 g/mol. The highest BCUT2D eigenvalue weighted by Crippen LogP contribution is 2.19. The molecule has 23 heavy (non-hydrogen) atoms. The van der Waals surface area contributed by atoms with Crippen molar-refractivity contribution in [3.8, 4) is 11.4 Å². The van der Waals surface area contributed by atoms with Crippen molar-refractivity contribution >= 4 is 5.82 Å². The molecule has 0 atom stereocenters. The summed E-state index contributed by atoms with van der Waals surface area (Å²) in [4.78, 5) is 13.5. The van der Waals surface area contributed by atoms with E-state index in [-0.39, 0.29) is 0 Å². The molecule has 0 bridgehead atoms.